The number of piperazine rings is 1. The summed E-state index contributed by atoms with van der Waals surface area (Å²) >= 11 is 0. The minimum Gasteiger partial charge on any atom is -0.379 e. The average molecular weight is 505 g/mol. The molecule has 0 unspecified atom stereocenters. The van der Waals surface area contributed by atoms with Gasteiger partial charge in [-0.3, -0.25) is 19.4 Å². The zero-order valence-electron chi connectivity index (χ0n) is 22.0. The second-order valence-electron chi connectivity index (χ2n) is 10.9. The molecule has 1 amide bonds. The van der Waals surface area contributed by atoms with Gasteiger partial charge in [-0.25, -0.2) is 0 Å². The van der Waals surface area contributed by atoms with Crippen molar-refractivity contribution in [2.24, 2.45) is 5.92 Å². The van der Waals surface area contributed by atoms with Gasteiger partial charge in [0.15, 0.2) is 0 Å². The first-order valence-corrected chi connectivity index (χ1v) is 13.8. The van der Waals surface area contributed by atoms with Crippen LogP contribution in [-0.2, 0) is 19.9 Å². The smallest absolute Gasteiger partial charge is 0.293 e. The van der Waals surface area contributed by atoms with Crippen molar-refractivity contribution in [3.05, 3.63) is 60.2 Å². The van der Waals surface area contributed by atoms with Crippen molar-refractivity contribution in [1.82, 2.24) is 9.80 Å². The lowest BCUT2D eigenvalue weighted by Gasteiger charge is -2.51. The molecule has 0 radical (unpaired) electrons. The van der Waals surface area contributed by atoms with E-state index in [1.54, 1.807) is 0 Å². The van der Waals surface area contributed by atoms with Crippen LogP contribution >= 0.6 is 0 Å². The van der Waals surface area contributed by atoms with Gasteiger partial charge >= 0.3 is 0 Å². The van der Waals surface area contributed by atoms with E-state index in [0.717, 1.165) is 44.9 Å². The Labute approximate surface area is 220 Å². The van der Waals surface area contributed by atoms with E-state index in [0.29, 0.717) is 32.0 Å². The fourth-order valence-corrected chi connectivity index (χ4v) is 6.18. The molecule has 3 aliphatic rings. The van der Waals surface area contributed by atoms with Gasteiger partial charge in [-0.2, -0.15) is 0 Å². The largest absolute Gasteiger partial charge is 0.379 e. The number of carbonyl (C=O) groups is 2. The first-order valence-electron chi connectivity index (χ1n) is 13.8. The predicted octanol–water partition coefficient (Wildman–Crippen LogP) is 3.75. The molecule has 1 aliphatic carbocycles. The second kappa shape index (κ2) is 11.8. The summed E-state index contributed by atoms with van der Waals surface area (Å²) in [6, 6.07) is 18.9. The number of Topliss-reactive ketones (excluding diaryl/α,β-unsaturated/α-hetero) is 1. The molecule has 0 aromatic heterocycles. The summed E-state index contributed by atoms with van der Waals surface area (Å²) in [5, 5.41) is 2.90. The Morgan fingerprint density at radius 3 is 2.32 bits per heavy atom. The van der Waals surface area contributed by atoms with Crippen LogP contribution in [0.1, 0.15) is 38.2 Å². The highest BCUT2D eigenvalue weighted by atomic mass is 16.5. The summed E-state index contributed by atoms with van der Waals surface area (Å²) in [6.45, 7) is 9.13. The summed E-state index contributed by atoms with van der Waals surface area (Å²) in [7, 11) is 0. The lowest BCUT2D eigenvalue weighted by atomic mass is 9.71. The highest BCUT2D eigenvalue weighted by molar-refractivity contribution is 6.41. The number of nitrogens with one attached hydrogen (secondary N) is 1. The van der Waals surface area contributed by atoms with Crippen molar-refractivity contribution < 1.29 is 14.3 Å². The fourth-order valence-electron chi connectivity index (χ4n) is 6.18. The van der Waals surface area contributed by atoms with Gasteiger partial charge in [-0.1, -0.05) is 37.3 Å². The molecule has 0 spiro atoms. The van der Waals surface area contributed by atoms with Gasteiger partial charge in [-0.05, 0) is 61.4 Å². The number of benzene rings is 2. The predicted molar refractivity (Wildman–Crippen MR) is 147 cm³/mol. The molecule has 198 valence electrons. The SMILES string of the molecule is CC1CCC(c2cccc(NC(=O)C(=O)CN3CCOCC3)c2)(N2CCN(c3ccccc3)CC2)CC1. The van der Waals surface area contributed by atoms with Crippen molar-refractivity contribution in [3.63, 3.8) is 0 Å². The third-order valence-electron chi connectivity index (χ3n) is 8.49. The molecule has 2 aromatic carbocycles. The normalized spacial score (nSPS) is 25.5. The van der Waals surface area contributed by atoms with Crippen molar-refractivity contribution in [2.45, 2.75) is 38.1 Å². The Hall–Kier alpha value is -2.74. The van der Waals surface area contributed by atoms with Crippen LogP contribution in [0.3, 0.4) is 0 Å². The van der Waals surface area contributed by atoms with Gasteiger partial charge in [0.2, 0.25) is 5.78 Å². The molecule has 7 heteroatoms. The summed E-state index contributed by atoms with van der Waals surface area (Å²) in [5.41, 5.74) is 3.22. The second-order valence-corrected chi connectivity index (χ2v) is 10.9. The van der Waals surface area contributed by atoms with Crippen LogP contribution in [0.2, 0.25) is 0 Å². The van der Waals surface area contributed by atoms with Crippen LogP contribution in [-0.4, -0.2) is 80.5 Å². The van der Waals surface area contributed by atoms with Crippen LogP contribution in [0.25, 0.3) is 0 Å². The first kappa shape index (κ1) is 25.9. The molecule has 2 saturated heterocycles. The van der Waals surface area contributed by atoms with Crippen LogP contribution in [0.4, 0.5) is 11.4 Å². The molecule has 0 atom stereocenters. The monoisotopic (exact) mass is 504 g/mol. The number of hydrogen-bond acceptors (Lipinski definition) is 6. The van der Waals surface area contributed by atoms with Crippen LogP contribution in [0, 0.1) is 5.92 Å². The number of morpholine rings is 1. The molecule has 1 saturated carbocycles. The van der Waals surface area contributed by atoms with E-state index < -0.39 is 11.7 Å². The van der Waals surface area contributed by atoms with Crippen LogP contribution in [0.15, 0.2) is 54.6 Å². The van der Waals surface area contributed by atoms with E-state index in [2.05, 4.69) is 64.5 Å². The maximum atomic E-state index is 12.7. The van der Waals surface area contributed by atoms with Gasteiger partial charge in [0.05, 0.1) is 19.8 Å². The number of nitrogens with zero attached hydrogens (tertiary/aromatic N) is 3. The fraction of sp³-hybridized carbons (Fsp3) is 0.533. The molecule has 2 heterocycles. The number of anilines is 2. The Bertz CT molecular complexity index is 1050. The molecular formula is C30H40N4O3. The number of carbonyl (C=O) groups excluding carboxylic acids is 2. The average Bonchev–Trinajstić information content (AvgIpc) is 2.95. The molecule has 7 nitrogen and oxygen atoms in total. The minimum atomic E-state index is -0.536. The number of amides is 1. The number of ether oxygens (including phenoxy) is 1. The molecule has 5 rings (SSSR count). The van der Waals surface area contributed by atoms with Crippen molar-refractivity contribution in [1.29, 1.82) is 0 Å². The van der Waals surface area contributed by atoms with Crippen molar-refractivity contribution >= 4 is 23.1 Å². The summed E-state index contributed by atoms with van der Waals surface area (Å²) in [4.78, 5) is 32.5. The van der Waals surface area contributed by atoms with E-state index in [1.807, 2.05) is 17.0 Å². The molecule has 37 heavy (non-hydrogen) atoms. The maximum absolute atomic E-state index is 12.7. The standard InChI is InChI=1S/C30H40N4O3/c1-24-10-12-30(13-11-24,34-16-14-33(15-17-34)27-8-3-2-4-9-27)25-6-5-7-26(22-25)31-29(36)28(35)23-32-18-20-37-21-19-32/h2-9,22,24H,10-21,23H2,1H3,(H,31,36). The van der Waals surface area contributed by atoms with Gasteiger partial charge in [-0.15, -0.1) is 0 Å². The number of para-hydroxylation sites is 1. The van der Waals surface area contributed by atoms with Gasteiger partial charge < -0.3 is 15.0 Å². The molecule has 2 aliphatic heterocycles. The molecular weight excluding hydrogens is 464 g/mol. The summed E-state index contributed by atoms with van der Waals surface area (Å²) in [6.07, 6.45) is 4.64. The number of rotatable bonds is 7. The highest BCUT2D eigenvalue weighted by Gasteiger charge is 2.42. The molecule has 0 bridgehead atoms. The van der Waals surface area contributed by atoms with Gasteiger partial charge in [0, 0.05) is 56.2 Å². The minimum absolute atomic E-state index is 0.0339. The van der Waals surface area contributed by atoms with E-state index in [4.69, 9.17) is 4.74 Å². The Morgan fingerprint density at radius 2 is 1.62 bits per heavy atom. The van der Waals surface area contributed by atoms with E-state index in [1.165, 1.54) is 24.1 Å². The first-order chi connectivity index (χ1) is 18.0. The zero-order valence-corrected chi connectivity index (χ0v) is 22.0. The van der Waals surface area contributed by atoms with E-state index in [-0.39, 0.29) is 12.1 Å². The van der Waals surface area contributed by atoms with E-state index >= 15 is 0 Å². The maximum Gasteiger partial charge on any atom is 0.293 e. The molecule has 2 aromatic rings. The summed E-state index contributed by atoms with van der Waals surface area (Å²) in [5.74, 6) is -0.198. The lowest BCUT2D eigenvalue weighted by Crippen LogP contribution is -2.56. The highest BCUT2D eigenvalue weighted by Crippen LogP contribution is 2.45. The van der Waals surface area contributed by atoms with Gasteiger partial charge in [0.25, 0.3) is 5.91 Å². The Kier molecular flexibility index (Phi) is 8.23. The zero-order chi connectivity index (χ0) is 25.7. The Morgan fingerprint density at radius 1 is 0.919 bits per heavy atom. The number of hydrogen-bond donors (Lipinski definition) is 1. The van der Waals surface area contributed by atoms with Crippen molar-refractivity contribution in [2.75, 3.05) is 69.2 Å². The van der Waals surface area contributed by atoms with E-state index in [9.17, 15) is 9.59 Å². The molecule has 1 N–H and O–H groups in total. The molecule has 3 fully saturated rings. The van der Waals surface area contributed by atoms with Crippen LogP contribution < -0.4 is 10.2 Å². The quantitative estimate of drug-likeness (QED) is 0.580. The van der Waals surface area contributed by atoms with Gasteiger partial charge in [0.1, 0.15) is 0 Å². The van der Waals surface area contributed by atoms with Crippen LogP contribution in [0.5, 0.6) is 0 Å². The Balaban J connectivity index is 1.29. The van der Waals surface area contributed by atoms with Crippen molar-refractivity contribution in [3.8, 4) is 0 Å². The summed E-state index contributed by atoms with van der Waals surface area (Å²) < 4.78 is 5.34. The third-order valence-corrected chi connectivity index (χ3v) is 8.49. The topological polar surface area (TPSA) is 65.1 Å². The number of ketones is 1. The lowest BCUT2D eigenvalue weighted by molar-refractivity contribution is -0.136. The third kappa shape index (κ3) is 6.06.